The lowest BCUT2D eigenvalue weighted by Crippen LogP contribution is -2.45. The van der Waals surface area contributed by atoms with Crippen molar-refractivity contribution in [2.45, 2.75) is 25.3 Å². The molecule has 3 rings (SSSR count). The molecule has 0 spiro atoms. The van der Waals surface area contributed by atoms with Gasteiger partial charge in [-0.05, 0) is 77.9 Å². The number of anilines is 1. The normalized spacial score (nSPS) is 22.8. The summed E-state index contributed by atoms with van der Waals surface area (Å²) < 4.78 is 1.14. The number of aryl methyl sites for hydroxylation is 2. The third kappa shape index (κ3) is 3.13. The fourth-order valence-electron chi connectivity index (χ4n) is 3.36. The minimum Gasteiger partial charge on any atom is -0.394 e. The van der Waals surface area contributed by atoms with Gasteiger partial charge in [-0.1, -0.05) is 29.8 Å². The van der Waals surface area contributed by atoms with Crippen LogP contribution in [0, 0.1) is 17.4 Å². The monoisotopic (exact) mass is 433 g/mol. The van der Waals surface area contributed by atoms with Gasteiger partial charge in [0.2, 0.25) is 0 Å². The molecule has 1 unspecified atom stereocenters. The SMILES string of the molecule is Cc1ccc(C2C(=O)C=C[C@]2(CO)Nc2ccc(I)cc2)c(C)c1. The van der Waals surface area contributed by atoms with Crippen molar-refractivity contribution in [3.05, 3.63) is 74.9 Å². The summed E-state index contributed by atoms with van der Waals surface area (Å²) in [5.41, 5.74) is 3.26. The van der Waals surface area contributed by atoms with Crippen LogP contribution in [-0.2, 0) is 4.79 Å². The zero-order valence-electron chi connectivity index (χ0n) is 13.7. The van der Waals surface area contributed by atoms with E-state index in [1.165, 1.54) is 0 Å². The van der Waals surface area contributed by atoms with Crippen molar-refractivity contribution in [2.75, 3.05) is 11.9 Å². The third-order valence-electron chi connectivity index (χ3n) is 4.56. The molecule has 0 bridgehead atoms. The Morgan fingerprint density at radius 2 is 1.88 bits per heavy atom. The van der Waals surface area contributed by atoms with Crippen LogP contribution in [0.15, 0.2) is 54.6 Å². The molecule has 2 aromatic carbocycles. The predicted molar refractivity (Wildman–Crippen MR) is 105 cm³/mol. The summed E-state index contributed by atoms with van der Waals surface area (Å²) in [6.07, 6.45) is 3.39. The number of rotatable bonds is 4. The van der Waals surface area contributed by atoms with Crippen LogP contribution < -0.4 is 5.32 Å². The van der Waals surface area contributed by atoms with E-state index in [0.717, 1.165) is 25.9 Å². The van der Waals surface area contributed by atoms with E-state index in [-0.39, 0.29) is 12.4 Å². The van der Waals surface area contributed by atoms with Crippen molar-refractivity contribution < 1.29 is 9.90 Å². The summed E-state index contributed by atoms with van der Waals surface area (Å²) in [5, 5.41) is 13.6. The van der Waals surface area contributed by atoms with E-state index in [4.69, 9.17) is 0 Å². The molecule has 0 radical (unpaired) electrons. The molecule has 0 fully saturated rings. The number of benzene rings is 2. The minimum absolute atomic E-state index is 0.0222. The smallest absolute Gasteiger partial charge is 0.165 e. The number of aliphatic hydroxyl groups excluding tert-OH is 1. The fourth-order valence-corrected chi connectivity index (χ4v) is 3.72. The van der Waals surface area contributed by atoms with Crippen LogP contribution in [-0.4, -0.2) is 23.0 Å². The van der Waals surface area contributed by atoms with E-state index in [1.54, 1.807) is 12.2 Å². The highest BCUT2D eigenvalue weighted by Gasteiger charge is 2.45. The van der Waals surface area contributed by atoms with E-state index >= 15 is 0 Å². The Morgan fingerprint density at radius 1 is 1.17 bits per heavy atom. The number of hydrogen-bond acceptors (Lipinski definition) is 3. The predicted octanol–water partition coefficient (Wildman–Crippen LogP) is 3.97. The molecule has 124 valence electrons. The molecule has 24 heavy (non-hydrogen) atoms. The largest absolute Gasteiger partial charge is 0.394 e. The first-order valence-corrected chi connectivity index (χ1v) is 8.98. The molecule has 0 saturated carbocycles. The number of nitrogens with one attached hydrogen (secondary N) is 1. The zero-order valence-corrected chi connectivity index (χ0v) is 15.9. The average Bonchev–Trinajstić information content (AvgIpc) is 2.87. The Balaban J connectivity index is 2.02. The molecule has 2 N–H and O–H groups in total. The van der Waals surface area contributed by atoms with Gasteiger partial charge in [0.25, 0.3) is 0 Å². The van der Waals surface area contributed by atoms with E-state index in [0.29, 0.717) is 0 Å². The van der Waals surface area contributed by atoms with Crippen molar-refractivity contribution in [2.24, 2.45) is 0 Å². The van der Waals surface area contributed by atoms with Gasteiger partial charge < -0.3 is 10.4 Å². The van der Waals surface area contributed by atoms with Crippen LogP contribution in [0.5, 0.6) is 0 Å². The number of aliphatic hydroxyl groups is 1. The Labute approximate surface area is 155 Å². The van der Waals surface area contributed by atoms with Gasteiger partial charge in [-0.3, -0.25) is 4.79 Å². The second kappa shape index (κ2) is 6.69. The fraction of sp³-hybridized carbons (Fsp3) is 0.250. The second-order valence-corrected chi connectivity index (χ2v) is 7.60. The molecule has 1 aliphatic rings. The molecule has 0 heterocycles. The van der Waals surface area contributed by atoms with Gasteiger partial charge in [-0.2, -0.15) is 0 Å². The number of carbonyl (C=O) groups excluding carboxylic acids is 1. The number of hydrogen-bond donors (Lipinski definition) is 2. The van der Waals surface area contributed by atoms with Gasteiger partial charge in [0, 0.05) is 9.26 Å². The van der Waals surface area contributed by atoms with Crippen LogP contribution in [0.2, 0.25) is 0 Å². The summed E-state index contributed by atoms with van der Waals surface area (Å²) in [5.74, 6) is -0.406. The second-order valence-electron chi connectivity index (χ2n) is 6.36. The quantitative estimate of drug-likeness (QED) is 0.718. The van der Waals surface area contributed by atoms with Crippen molar-refractivity contribution >= 4 is 34.1 Å². The number of carbonyl (C=O) groups is 1. The van der Waals surface area contributed by atoms with Gasteiger partial charge in [-0.15, -0.1) is 0 Å². The lowest BCUT2D eigenvalue weighted by molar-refractivity contribution is -0.116. The van der Waals surface area contributed by atoms with Crippen molar-refractivity contribution in [1.82, 2.24) is 0 Å². The molecule has 0 aromatic heterocycles. The molecule has 0 aliphatic heterocycles. The topological polar surface area (TPSA) is 49.3 Å². The van der Waals surface area contributed by atoms with Crippen LogP contribution in [0.3, 0.4) is 0 Å². The van der Waals surface area contributed by atoms with E-state index in [2.05, 4.69) is 34.0 Å². The molecule has 4 heteroatoms. The summed E-state index contributed by atoms with van der Waals surface area (Å²) in [7, 11) is 0. The highest BCUT2D eigenvalue weighted by molar-refractivity contribution is 14.1. The van der Waals surface area contributed by atoms with Crippen LogP contribution in [0.1, 0.15) is 22.6 Å². The Morgan fingerprint density at radius 3 is 2.50 bits per heavy atom. The maximum atomic E-state index is 12.6. The van der Waals surface area contributed by atoms with Crippen molar-refractivity contribution in [1.29, 1.82) is 0 Å². The third-order valence-corrected chi connectivity index (χ3v) is 5.28. The van der Waals surface area contributed by atoms with Crippen LogP contribution in [0.25, 0.3) is 0 Å². The first-order valence-electron chi connectivity index (χ1n) is 7.90. The first-order chi connectivity index (χ1) is 11.4. The number of allylic oxidation sites excluding steroid dienone is 1. The zero-order chi connectivity index (χ0) is 17.3. The molecular formula is C20H20INO2. The minimum atomic E-state index is -0.816. The van der Waals surface area contributed by atoms with E-state index < -0.39 is 11.5 Å². The summed E-state index contributed by atoms with van der Waals surface area (Å²) in [6, 6.07) is 14.0. The summed E-state index contributed by atoms with van der Waals surface area (Å²) >= 11 is 2.25. The standard InChI is InChI=1S/C20H20INO2/c1-13-3-8-17(14(2)11-13)19-18(24)9-10-20(19,12-23)22-16-6-4-15(21)5-7-16/h3-11,19,22-23H,12H2,1-2H3/t19?,20-/m1/s1. The molecular weight excluding hydrogens is 413 g/mol. The molecule has 2 atom stereocenters. The van der Waals surface area contributed by atoms with Gasteiger partial charge in [0.15, 0.2) is 5.78 Å². The molecule has 2 aromatic rings. The Kier molecular flexibility index (Phi) is 4.78. The maximum Gasteiger partial charge on any atom is 0.165 e. The Bertz CT molecular complexity index is 798. The van der Waals surface area contributed by atoms with Gasteiger partial charge >= 0.3 is 0 Å². The van der Waals surface area contributed by atoms with E-state index in [1.807, 2.05) is 50.2 Å². The number of ketones is 1. The molecule has 1 aliphatic carbocycles. The Hall–Kier alpha value is -1.66. The lowest BCUT2D eigenvalue weighted by atomic mass is 9.79. The molecule has 0 amide bonds. The van der Waals surface area contributed by atoms with E-state index in [9.17, 15) is 9.90 Å². The van der Waals surface area contributed by atoms with Gasteiger partial charge in [0.05, 0.1) is 18.1 Å². The molecule has 0 saturated heterocycles. The lowest BCUT2D eigenvalue weighted by Gasteiger charge is -2.35. The van der Waals surface area contributed by atoms with Crippen molar-refractivity contribution in [3.63, 3.8) is 0 Å². The highest BCUT2D eigenvalue weighted by Crippen LogP contribution is 2.39. The summed E-state index contributed by atoms with van der Waals surface area (Å²) in [6.45, 7) is 3.90. The van der Waals surface area contributed by atoms with Gasteiger partial charge in [0.1, 0.15) is 0 Å². The first kappa shape index (κ1) is 17.2. The average molecular weight is 433 g/mol. The maximum absolute atomic E-state index is 12.6. The number of halogens is 1. The highest BCUT2D eigenvalue weighted by atomic mass is 127. The van der Waals surface area contributed by atoms with Gasteiger partial charge in [-0.25, -0.2) is 0 Å². The molecule has 3 nitrogen and oxygen atoms in total. The van der Waals surface area contributed by atoms with Crippen molar-refractivity contribution in [3.8, 4) is 0 Å². The van der Waals surface area contributed by atoms with Crippen LogP contribution in [0.4, 0.5) is 5.69 Å². The summed E-state index contributed by atoms with van der Waals surface area (Å²) in [4.78, 5) is 12.6. The van der Waals surface area contributed by atoms with Crippen LogP contribution >= 0.6 is 22.6 Å².